The summed E-state index contributed by atoms with van der Waals surface area (Å²) in [6.45, 7) is 2.74. The summed E-state index contributed by atoms with van der Waals surface area (Å²) in [5.74, 6) is -0.206. The Morgan fingerprint density at radius 3 is 2.90 bits per heavy atom. The van der Waals surface area contributed by atoms with Gasteiger partial charge in [0.2, 0.25) is 0 Å². The molecule has 0 aliphatic carbocycles. The fourth-order valence-electron chi connectivity index (χ4n) is 2.46. The summed E-state index contributed by atoms with van der Waals surface area (Å²) < 4.78 is 13.2. The van der Waals surface area contributed by atoms with E-state index in [1.54, 1.807) is 12.1 Å². The van der Waals surface area contributed by atoms with Gasteiger partial charge in [-0.25, -0.2) is 4.39 Å². The highest BCUT2D eigenvalue weighted by atomic mass is 35.5. The molecule has 3 aromatic rings. The zero-order chi connectivity index (χ0) is 14.8. The van der Waals surface area contributed by atoms with Crippen molar-refractivity contribution in [2.45, 2.75) is 19.5 Å². The van der Waals surface area contributed by atoms with E-state index < -0.39 is 0 Å². The maximum Gasteiger partial charge on any atom is 0.123 e. The molecule has 108 valence electrons. The smallest absolute Gasteiger partial charge is 0.123 e. The van der Waals surface area contributed by atoms with Gasteiger partial charge in [0.05, 0.1) is 0 Å². The molecule has 2 N–H and O–H groups in total. The maximum atomic E-state index is 13.2. The van der Waals surface area contributed by atoms with Crippen molar-refractivity contribution < 1.29 is 4.39 Å². The lowest BCUT2D eigenvalue weighted by Gasteiger charge is -2.14. The van der Waals surface area contributed by atoms with E-state index in [-0.39, 0.29) is 11.9 Å². The molecule has 4 heteroatoms. The first-order valence-corrected chi connectivity index (χ1v) is 7.25. The van der Waals surface area contributed by atoms with Crippen molar-refractivity contribution in [1.82, 2.24) is 10.3 Å². The molecule has 0 saturated heterocycles. The number of aromatic amines is 1. The molecular formula is C17H16ClFN2. The summed E-state index contributed by atoms with van der Waals surface area (Å²) in [7, 11) is 0. The summed E-state index contributed by atoms with van der Waals surface area (Å²) in [6.07, 6.45) is 1.98. The predicted octanol–water partition coefficient (Wildman–Crippen LogP) is 4.81. The molecule has 2 nitrogen and oxygen atoms in total. The third-order valence-electron chi connectivity index (χ3n) is 3.68. The van der Waals surface area contributed by atoms with Crippen molar-refractivity contribution in [2.75, 3.05) is 0 Å². The van der Waals surface area contributed by atoms with Crippen LogP contribution in [0.2, 0.25) is 5.02 Å². The Kier molecular flexibility index (Phi) is 3.95. The number of halogens is 2. The van der Waals surface area contributed by atoms with Crippen molar-refractivity contribution in [1.29, 1.82) is 0 Å². The third kappa shape index (κ3) is 3.09. The van der Waals surface area contributed by atoms with Gasteiger partial charge in [-0.3, -0.25) is 0 Å². The van der Waals surface area contributed by atoms with E-state index in [9.17, 15) is 4.39 Å². The first-order valence-electron chi connectivity index (χ1n) is 6.88. The quantitative estimate of drug-likeness (QED) is 0.711. The van der Waals surface area contributed by atoms with Gasteiger partial charge in [-0.05, 0) is 42.3 Å². The fourth-order valence-corrected chi connectivity index (χ4v) is 2.63. The van der Waals surface area contributed by atoms with E-state index in [1.165, 1.54) is 11.6 Å². The fraction of sp³-hybridized carbons (Fsp3) is 0.176. The van der Waals surface area contributed by atoms with Gasteiger partial charge in [0.15, 0.2) is 0 Å². The second-order valence-corrected chi connectivity index (χ2v) is 5.60. The van der Waals surface area contributed by atoms with Crippen molar-refractivity contribution in [3.8, 4) is 0 Å². The van der Waals surface area contributed by atoms with Gasteiger partial charge in [-0.2, -0.15) is 0 Å². The highest BCUT2D eigenvalue weighted by molar-refractivity contribution is 6.31. The molecule has 1 heterocycles. The minimum atomic E-state index is -0.206. The van der Waals surface area contributed by atoms with Crippen molar-refractivity contribution >= 4 is 22.5 Å². The SMILES string of the molecule is CC(NCc1c[nH]c2cc(Cl)ccc12)c1cccc(F)c1. The average molecular weight is 303 g/mol. The molecule has 0 aliphatic heterocycles. The average Bonchev–Trinajstić information content (AvgIpc) is 2.87. The second-order valence-electron chi connectivity index (χ2n) is 5.16. The molecule has 21 heavy (non-hydrogen) atoms. The molecule has 2 aromatic carbocycles. The van der Waals surface area contributed by atoms with Crippen LogP contribution in [0.5, 0.6) is 0 Å². The number of hydrogen-bond acceptors (Lipinski definition) is 1. The van der Waals surface area contributed by atoms with Crippen LogP contribution in [0.25, 0.3) is 10.9 Å². The van der Waals surface area contributed by atoms with E-state index in [4.69, 9.17) is 11.6 Å². The normalized spacial score (nSPS) is 12.7. The molecule has 0 fully saturated rings. The Balaban J connectivity index is 1.74. The van der Waals surface area contributed by atoms with E-state index >= 15 is 0 Å². The zero-order valence-corrected chi connectivity index (χ0v) is 12.4. The first kappa shape index (κ1) is 14.1. The Morgan fingerprint density at radius 1 is 1.24 bits per heavy atom. The van der Waals surface area contributed by atoms with E-state index in [1.807, 2.05) is 37.4 Å². The van der Waals surface area contributed by atoms with Gasteiger partial charge in [0.1, 0.15) is 5.82 Å². The molecule has 3 rings (SSSR count). The summed E-state index contributed by atoms with van der Waals surface area (Å²) >= 11 is 5.98. The highest BCUT2D eigenvalue weighted by Gasteiger charge is 2.08. The lowest BCUT2D eigenvalue weighted by Crippen LogP contribution is -2.18. The molecule has 0 radical (unpaired) electrons. The number of fused-ring (bicyclic) bond motifs is 1. The number of aromatic nitrogens is 1. The minimum Gasteiger partial charge on any atom is -0.361 e. The molecule has 0 aliphatic rings. The third-order valence-corrected chi connectivity index (χ3v) is 3.91. The molecule has 1 atom stereocenters. The van der Waals surface area contributed by atoms with Gasteiger partial charge < -0.3 is 10.3 Å². The second kappa shape index (κ2) is 5.88. The Morgan fingerprint density at radius 2 is 2.10 bits per heavy atom. The highest BCUT2D eigenvalue weighted by Crippen LogP contribution is 2.23. The summed E-state index contributed by atoms with van der Waals surface area (Å²) in [5, 5.41) is 5.29. The minimum absolute atomic E-state index is 0.0814. The molecule has 0 saturated carbocycles. The molecule has 1 aromatic heterocycles. The van der Waals surface area contributed by atoms with Gasteiger partial charge in [-0.15, -0.1) is 0 Å². The van der Waals surface area contributed by atoms with Gasteiger partial charge >= 0.3 is 0 Å². The summed E-state index contributed by atoms with van der Waals surface area (Å²) in [4.78, 5) is 3.22. The number of hydrogen-bond donors (Lipinski definition) is 2. The lowest BCUT2D eigenvalue weighted by atomic mass is 10.1. The van der Waals surface area contributed by atoms with Crippen LogP contribution in [0.4, 0.5) is 4.39 Å². The monoisotopic (exact) mass is 302 g/mol. The van der Waals surface area contributed by atoms with Crippen LogP contribution in [-0.2, 0) is 6.54 Å². The van der Waals surface area contributed by atoms with Crippen LogP contribution in [-0.4, -0.2) is 4.98 Å². The van der Waals surface area contributed by atoms with Crippen molar-refractivity contribution in [2.24, 2.45) is 0 Å². The maximum absolute atomic E-state index is 13.2. The largest absolute Gasteiger partial charge is 0.361 e. The number of H-pyrrole nitrogens is 1. The summed E-state index contributed by atoms with van der Waals surface area (Å²) in [5.41, 5.74) is 3.14. The lowest BCUT2D eigenvalue weighted by molar-refractivity contribution is 0.566. The zero-order valence-electron chi connectivity index (χ0n) is 11.7. The standard InChI is InChI=1S/C17H16ClFN2/c1-11(12-3-2-4-15(19)7-12)20-9-13-10-21-17-8-14(18)5-6-16(13)17/h2-8,10-11,20-21H,9H2,1H3. The molecule has 1 unspecified atom stereocenters. The Hall–Kier alpha value is -1.84. The van der Waals surface area contributed by atoms with Crippen LogP contribution < -0.4 is 5.32 Å². The van der Waals surface area contributed by atoms with Gasteiger partial charge in [0, 0.05) is 34.7 Å². The van der Waals surface area contributed by atoms with E-state index in [0.717, 1.165) is 21.5 Å². The van der Waals surface area contributed by atoms with Crippen molar-refractivity contribution in [3.63, 3.8) is 0 Å². The molecule has 0 bridgehead atoms. The van der Waals surface area contributed by atoms with Crippen LogP contribution in [0.1, 0.15) is 24.1 Å². The topological polar surface area (TPSA) is 27.8 Å². The van der Waals surface area contributed by atoms with Crippen LogP contribution in [0.3, 0.4) is 0 Å². The molecular weight excluding hydrogens is 287 g/mol. The van der Waals surface area contributed by atoms with E-state index in [0.29, 0.717) is 6.54 Å². The summed E-state index contributed by atoms with van der Waals surface area (Å²) in [6, 6.07) is 12.6. The van der Waals surface area contributed by atoms with Crippen LogP contribution >= 0.6 is 11.6 Å². The number of benzene rings is 2. The predicted molar refractivity (Wildman–Crippen MR) is 85.0 cm³/mol. The van der Waals surface area contributed by atoms with Crippen molar-refractivity contribution in [3.05, 3.63) is 70.6 Å². The van der Waals surface area contributed by atoms with E-state index in [2.05, 4.69) is 10.3 Å². The number of nitrogens with one attached hydrogen (secondary N) is 2. The van der Waals surface area contributed by atoms with Gasteiger partial charge in [-0.1, -0.05) is 29.8 Å². The Bertz CT molecular complexity index is 766. The molecule has 0 spiro atoms. The Labute approximate surface area is 127 Å². The first-order chi connectivity index (χ1) is 10.1. The molecule has 0 amide bonds. The van der Waals surface area contributed by atoms with Gasteiger partial charge in [0.25, 0.3) is 0 Å². The van der Waals surface area contributed by atoms with Crippen LogP contribution in [0, 0.1) is 5.82 Å². The number of rotatable bonds is 4. The van der Waals surface area contributed by atoms with Crippen LogP contribution in [0.15, 0.2) is 48.7 Å².